The van der Waals surface area contributed by atoms with Gasteiger partial charge in [-0.05, 0) is 59.2 Å². The molecule has 4 heterocycles. The van der Waals surface area contributed by atoms with Gasteiger partial charge < -0.3 is 24.7 Å². The molecule has 4 aromatic rings. The molecule has 0 aliphatic carbocycles. The monoisotopic (exact) mass is 512 g/mol. The fraction of sp³-hybridized carbons (Fsp3) is 0.346. The summed E-state index contributed by atoms with van der Waals surface area (Å²) in [6.07, 6.45) is 3.22. The summed E-state index contributed by atoms with van der Waals surface area (Å²) in [7, 11) is 1.58. The summed E-state index contributed by atoms with van der Waals surface area (Å²) in [6.45, 7) is 10.3. The number of halogens is 1. The fourth-order valence-corrected chi connectivity index (χ4v) is 5.10. The van der Waals surface area contributed by atoms with E-state index < -0.39 is 11.4 Å². The van der Waals surface area contributed by atoms with Gasteiger partial charge in [0.1, 0.15) is 11.2 Å². The molecule has 0 spiro atoms. The Kier molecular flexibility index (Phi) is 6.52. The number of aryl methyl sites for hydroxylation is 3. The Hall–Kier alpha value is -3.50. The molecule has 3 N–H and O–H groups in total. The number of rotatable bonds is 6. The highest BCUT2D eigenvalue weighted by Gasteiger charge is 2.32. The molecule has 4 rings (SSSR count). The average molecular weight is 513 g/mol. The number of carbonyl (C=O) groups excluding carboxylic acids is 1. The minimum atomic E-state index is -1.48. The summed E-state index contributed by atoms with van der Waals surface area (Å²) in [5.74, 6) is -0.724. The van der Waals surface area contributed by atoms with E-state index in [1.165, 1.54) is 18.4 Å². The second-order valence-corrected chi connectivity index (χ2v) is 10.7. The van der Waals surface area contributed by atoms with Gasteiger partial charge in [-0.25, -0.2) is 4.39 Å². The smallest absolute Gasteiger partial charge is 0.274 e. The Bertz CT molecular complexity index is 1520. The van der Waals surface area contributed by atoms with Gasteiger partial charge in [-0.1, -0.05) is 0 Å². The average Bonchev–Trinajstić information content (AvgIpc) is 3.35. The number of amides is 1. The van der Waals surface area contributed by atoms with Crippen molar-refractivity contribution in [2.75, 3.05) is 0 Å². The zero-order valence-corrected chi connectivity index (χ0v) is 22.1. The van der Waals surface area contributed by atoms with E-state index in [1.807, 2.05) is 20.8 Å². The molecule has 0 atom stereocenters. The summed E-state index contributed by atoms with van der Waals surface area (Å²) in [5, 5.41) is 13.9. The van der Waals surface area contributed by atoms with Crippen LogP contribution in [0.25, 0.3) is 21.3 Å². The van der Waals surface area contributed by atoms with E-state index in [-0.39, 0.29) is 39.3 Å². The topological polar surface area (TPSA) is 109 Å². The number of ether oxygens (including phenoxy) is 1. The minimum absolute atomic E-state index is 0.0781. The third-order valence-electron chi connectivity index (χ3n) is 5.72. The molecule has 4 aromatic heterocycles. The highest BCUT2D eigenvalue weighted by molar-refractivity contribution is 7.16. The first kappa shape index (κ1) is 25.6. The van der Waals surface area contributed by atoms with Crippen LogP contribution in [0.15, 0.2) is 29.3 Å². The van der Waals surface area contributed by atoms with E-state index in [9.17, 15) is 14.7 Å². The van der Waals surface area contributed by atoms with Crippen molar-refractivity contribution in [2.24, 2.45) is 7.05 Å². The second-order valence-electron chi connectivity index (χ2n) is 9.67. The fourth-order valence-electron chi connectivity index (χ4n) is 3.97. The van der Waals surface area contributed by atoms with Crippen LogP contribution in [0.2, 0.25) is 0 Å². The number of hydrogen-bond acceptors (Lipinski definition) is 6. The van der Waals surface area contributed by atoms with E-state index in [4.69, 9.17) is 4.74 Å². The van der Waals surface area contributed by atoms with Gasteiger partial charge in [0, 0.05) is 36.4 Å². The van der Waals surface area contributed by atoms with Crippen LogP contribution in [0.1, 0.15) is 54.3 Å². The lowest BCUT2D eigenvalue weighted by Crippen LogP contribution is -2.30. The van der Waals surface area contributed by atoms with E-state index >= 15 is 4.39 Å². The van der Waals surface area contributed by atoms with Crippen molar-refractivity contribution in [3.05, 3.63) is 62.5 Å². The summed E-state index contributed by atoms with van der Waals surface area (Å²) >= 11 is 1.03. The molecule has 0 radical (unpaired) electrons. The SMILES string of the molecule is Cc1ccnc(C)c1Oc1c(-c2cn(C)c(=O)c3[nH]c(C(=O)NC(C)C)cc23)sc(C(C)(C)O)c1F. The van der Waals surface area contributed by atoms with Crippen LogP contribution >= 0.6 is 11.3 Å². The Labute approximate surface area is 211 Å². The lowest BCUT2D eigenvalue weighted by molar-refractivity contribution is 0.0785. The van der Waals surface area contributed by atoms with Crippen molar-refractivity contribution in [3.8, 4) is 21.9 Å². The van der Waals surface area contributed by atoms with Gasteiger partial charge in [0.2, 0.25) is 0 Å². The number of hydrogen-bond donors (Lipinski definition) is 3. The van der Waals surface area contributed by atoms with Gasteiger partial charge in [0.25, 0.3) is 11.5 Å². The van der Waals surface area contributed by atoms with Crippen LogP contribution in [-0.2, 0) is 12.6 Å². The van der Waals surface area contributed by atoms with Gasteiger partial charge >= 0.3 is 0 Å². The number of H-pyrrole nitrogens is 1. The Morgan fingerprint density at radius 2 is 2.00 bits per heavy atom. The van der Waals surface area contributed by atoms with Crippen molar-refractivity contribution >= 4 is 28.1 Å². The van der Waals surface area contributed by atoms with Crippen molar-refractivity contribution in [1.82, 2.24) is 19.9 Å². The highest BCUT2D eigenvalue weighted by Crippen LogP contribution is 2.48. The highest BCUT2D eigenvalue weighted by atomic mass is 32.1. The van der Waals surface area contributed by atoms with Crippen LogP contribution in [-0.4, -0.2) is 31.6 Å². The molecule has 190 valence electrons. The number of aliphatic hydroxyl groups is 1. The number of nitrogens with zero attached hydrogens (tertiary/aromatic N) is 2. The number of carbonyl (C=O) groups is 1. The molecule has 8 nitrogen and oxygen atoms in total. The molecule has 0 fully saturated rings. The summed E-state index contributed by atoms with van der Waals surface area (Å²) in [6, 6.07) is 3.24. The number of nitrogens with one attached hydrogen (secondary N) is 2. The van der Waals surface area contributed by atoms with Crippen LogP contribution < -0.4 is 15.6 Å². The molecule has 10 heteroatoms. The molecule has 1 amide bonds. The van der Waals surface area contributed by atoms with Gasteiger partial charge in [-0.15, -0.1) is 11.3 Å². The molecular formula is C26H29FN4O4S. The molecule has 0 unspecified atom stereocenters. The van der Waals surface area contributed by atoms with Gasteiger partial charge in [0.15, 0.2) is 17.3 Å². The van der Waals surface area contributed by atoms with Crippen LogP contribution in [0.4, 0.5) is 4.39 Å². The van der Waals surface area contributed by atoms with Gasteiger partial charge in [-0.2, -0.15) is 0 Å². The predicted molar refractivity (Wildman–Crippen MR) is 138 cm³/mol. The quantitative estimate of drug-likeness (QED) is 0.340. The van der Waals surface area contributed by atoms with Crippen molar-refractivity contribution in [3.63, 3.8) is 0 Å². The zero-order valence-electron chi connectivity index (χ0n) is 21.2. The molecule has 36 heavy (non-hydrogen) atoms. The molecule has 0 aromatic carbocycles. The lowest BCUT2D eigenvalue weighted by atomic mass is 10.1. The van der Waals surface area contributed by atoms with Crippen LogP contribution in [0, 0.1) is 19.7 Å². The Morgan fingerprint density at radius 3 is 2.61 bits per heavy atom. The van der Waals surface area contributed by atoms with Crippen molar-refractivity contribution < 1.29 is 19.0 Å². The summed E-state index contributed by atoms with van der Waals surface area (Å²) in [5.41, 5.74) is 0.440. The first-order valence-corrected chi connectivity index (χ1v) is 12.3. The number of thiophene rings is 1. The van der Waals surface area contributed by atoms with Gasteiger partial charge in [-0.3, -0.25) is 14.6 Å². The summed E-state index contributed by atoms with van der Waals surface area (Å²) in [4.78, 5) is 33.2. The lowest BCUT2D eigenvalue weighted by Gasteiger charge is -2.15. The molecular weight excluding hydrogens is 483 g/mol. The molecule has 0 aliphatic rings. The second kappa shape index (κ2) is 9.18. The predicted octanol–water partition coefficient (Wildman–Crippen LogP) is 4.90. The standard InChI is InChI=1S/C26H29FN4O4S/c1-12(2)29-24(32)17-10-15-16(11-31(7)25(33)19(15)30-17)22-21(18(27)23(36-22)26(5,6)34)35-20-13(3)8-9-28-14(20)4/h8-12,30,34H,1-7H3,(H,29,32). The van der Waals surface area contributed by atoms with E-state index in [2.05, 4.69) is 15.3 Å². The summed E-state index contributed by atoms with van der Waals surface area (Å²) < 4.78 is 23.4. The first-order chi connectivity index (χ1) is 16.8. The molecule has 0 saturated heterocycles. The van der Waals surface area contributed by atoms with E-state index in [0.717, 1.165) is 16.9 Å². The number of pyridine rings is 2. The molecule has 0 aliphatic heterocycles. The normalized spacial score (nSPS) is 11.9. The molecule has 0 bridgehead atoms. The maximum atomic E-state index is 15.8. The maximum Gasteiger partial charge on any atom is 0.274 e. The van der Waals surface area contributed by atoms with Crippen LogP contribution in [0.3, 0.4) is 0 Å². The van der Waals surface area contributed by atoms with Crippen molar-refractivity contribution in [1.29, 1.82) is 0 Å². The Balaban J connectivity index is 2.01. The van der Waals surface area contributed by atoms with Crippen LogP contribution in [0.5, 0.6) is 11.5 Å². The molecule has 0 saturated carbocycles. The van der Waals surface area contributed by atoms with Crippen molar-refractivity contribution in [2.45, 2.75) is 53.2 Å². The van der Waals surface area contributed by atoms with Gasteiger partial charge in [0.05, 0.1) is 21.0 Å². The largest absolute Gasteiger partial charge is 0.451 e. The minimum Gasteiger partial charge on any atom is -0.451 e. The zero-order chi connectivity index (χ0) is 26.5. The van der Waals surface area contributed by atoms with E-state index in [1.54, 1.807) is 38.5 Å². The third-order valence-corrected chi connectivity index (χ3v) is 7.21. The number of aromatic amines is 1. The maximum absolute atomic E-state index is 15.8. The van der Waals surface area contributed by atoms with E-state index in [0.29, 0.717) is 27.3 Å². The Morgan fingerprint density at radius 1 is 1.31 bits per heavy atom. The first-order valence-electron chi connectivity index (χ1n) is 11.5. The third kappa shape index (κ3) is 4.54. The number of aromatic nitrogens is 3. The number of fused-ring (bicyclic) bond motifs is 1.